The minimum Gasteiger partial charge on any atom is -0.381 e. The maximum atomic E-state index is 5.49. The molecule has 0 aromatic heterocycles. The second-order valence-electron chi connectivity index (χ2n) is 7.50. The average molecular weight is 282 g/mol. The highest BCUT2D eigenvalue weighted by atomic mass is 16.5. The van der Waals surface area contributed by atoms with Crippen molar-refractivity contribution in [1.29, 1.82) is 0 Å². The first-order chi connectivity index (χ1) is 9.54. The average Bonchev–Trinajstić information content (AvgIpc) is 2.72. The van der Waals surface area contributed by atoms with Crippen molar-refractivity contribution < 1.29 is 4.74 Å². The first-order valence-corrected chi connectivity index (χ1v) is 8.56. The van der Waals surface area contributed by atoms with E-state index in [9.17, 15) is 0 Å². The molecule has 0 bridgehead atoms. The Morgan fingerprint density at radius 1 is 1.20 bits per heavy atom. The van der Waals surface area contributed by atoms with Crippen LogP contribution < -0.4 is 5.32 Å². The van der Waals surface area contributed by atoms with Crippen molar-refractivity contribution in [1.82, 2.24) is 10.2 Å². The van der Waals surface area contributed by atoms with Gasteiger partial charge < -0.3 is 15.0 Å². The van der Waals surface area contributed by atoms with E-state index in [1.165, 1.54) is 38.6 Å². The summed E-state index contributed by atoms with van der Waals surface area (Å²) in [5, 5.41) is 3.83. The largest absolute Gasteiger partial charge is 0.381 e. The van der Waals surface area contributed by atoms with Crippen LogP contribution in [0.3, 0.4) is 0 Å². The van der Waals surface area contributed by atoms with Crippen molar-refractivity contribution in [2.75, 3.05) is 33.4 Å². The van der Waals surface area contributed by atoms with Crippen LogP contribution in [-0.2, 0) is 4.74 Å². The van der Waals surface area contributed by atoms with E-state index in [0.29, 0.717) is 11.5 Å². The van der Waals surface area contributed by atoms with Gasteiger partial charge in [-0.2, -0.15) is 0 Å². The summed E-state index contributed by atoms with van der Waals surface area (Å²) in [6.07, 6.45) is 6.39. The first-order valence-electron chi connectivity index (χ1n) is 8.56. The van der Waals surface area contributed by atoms with Crippen LogP contribution in [0.25, 0.3) is 0 Å². The molecule has 2 unspecified atom stereocenters. The Labute approximate surface area is 125 Å². The topological polar surface area (TPSA) is 24.5 Å². The number of hydrogen-bond donors (Lipinski definition) is 1. The fourth-order valence-corrected chi connectivity index (χ4v) is 4.10. The molecule has 1 saturated carbocycles. The molecule has 2 atom stereocenters. The molecule has 0 aromatic carbocycles. The van der Waals surface area contributed by atoms with Crippen molar-refractivity contribution in [2.24, 2.45) is 11.3 Å². The molecule has 20 heavy (non-hydrogen) atoms. The van der Waals surface area contributed by atoms with Gasteiger partial charge in [-0.15, -0.1) is 0 Å². The number of rotatable bonds is 6. The van der Waals surface area contributed by atoms with Gasteiger partial charge in [-0.3, -0.25) is 0 Å². The van der Waals surface area contributed by atoms with Crippen LogP contribution in [0.2, 0.25) is 0 Å². The summed E-state index contributed by atoms with van der Waals surface area (Å²) in [5.41, 5.74) is 0.455. The molecule has 2 fully saturated rings. The smallest absolute Gasteiger partial charge is 0.0480 e. The van der Waals surface area contributed by atoms with Crippen LogP contribution in [0, 0.1) is 11.3 Å². The lowest BCUT2D eigenvalue weighted by atomic mass is 9.84. The molecular formula is C17H34N2O. The van der Waals surface area contributed by atoms with Gasteiger partial charge >= 0.3 is 0 Å². The van der Waals surface area contributed by atoms with E-state index in [1.54, 1.807) is 0 Å². The molecule has 3 nitrogen and oxygen atoms in total. The van der Waals surface area contributed by atoms with Crippen LogP contribution >= 0.6 is 0 Å². The second-order valence-corrected chi connectivity index (χ2v) is 7.50. The summed E-state index contributed by atoms with van der Waals surface area (Å²) in [4.78, 5) is 2.61. The zero-order chi connectivity index (χ0) is 14.6. The van der Waals surface area contributed by atoms with Gasteiger partial charge in [-0.05, 0) is 57.0 Å². The molecule has 1 saturated heterocycles. The standard InChI is InChI=1S/C17H34N2O/c1-5-10-18-16-14(6-9-17(16,2)3)13-19(4)15-7-11-20-12-8-15/h14-16,18H,5-13H2,1-4H3. The van der Waals surface area contributed by atoms with E-state index in [1.807, 2.05) is 0 Å². The van der Waals surface area contributed by atoms with E-state index in [2.05, 4.69) is 38.0 Å². The maximum absolute atomic E-state index is 5.49. The van der Waals surface area contributed by atoms with Crippen molar-refractivity contribution in [3.8, 4) is 0 Å². The molecule has 1 heterocycles. The normalized spacial score (nSPS) is 31.1. The molecule has 0 spiro atoms. The van der Waals surface area contributed by atoms with Gasteiger partial charge in [0.05, 0.1) is 0 Å². The predicted molar refractivity (Wildman–Crippen MR) is 85.1 cm³/mol. The monoisotopic (exact) mass is 282 g/mol. The Morgan fingerprint density at radius 3 is 2.55 bits per heavy atom. The molecule has 118 valence electrons. The van der Waals surface area contributed by atoms with E-state index >= 15 is 0 Å². The SMILES string of the molecule is CCCNC1C(CN(C)C2CCOCC2)CCC1(C)C. The molecule has 2 aliphatic rings. The quantitative estimate of drug-likeness (QED) is 0.811. The van der Waals surface area contributed by atoms with Crippen LogP contribution in [0.5, 0.6) is 0 Å². The Balaban J connectivity index is 1.89. The van der Waals surface area contributed by atoms with Gasteiger partial charge in [-0.1, -0.05) is 20.8 Å². The van der Waals surface area contributed by atoms with Crippen LogP contribution in [0.15, 0.2) is 0 Å². The molecule has 1 N–H and O–H groups in total. The van der Waals surface area contributed by atoms with Gasteiger partial charge in [-0.25, -0.2) is 0 Å². The molecule has 2 rings (SSSR count). The summed E-state index contributed by atoms with van der Waals surface area (Å²) in [5.74, 6) is 0.810. The summed E-state index contributed by atoms with van der Waals surface area (Å²) in [7, 11) is 2.32. The zero-order valence-corrected chi connectivity index (χ0v) is 14.0. The maximum Gasteiger partial charge on any atom is 0.0480 e. The van der Waals surface area contributed by atoms with Crippen molar-refractivity contribution >= 4 is 0 Å². The molecule has 1 aliphatic carbocycles. The highest BCUT2D eigenvalue weighted by Crippen LogP contribution is 2.41. The zero-order valence-electron chi connectivity index (χ0n) is 14.0. The summed E-state index contributed by atoms with van der Waals surface area (Å²) < 4.78 is 5.49. The van der Waals surface area contributed by atoms with Gasteiger partial charge in [0.15, 0.2) is 0 Å². The van der Waals surface area contributed by atoms with Crippen molar-refractivity contribution in [3.63, 3.8) is 0 Å². The first kappa shape index (κ1) is 16.3. The van der Waals surface area contributed by atoms with Gasteiger partial charge in [0, 0.05) is 31.8 Å². The molecule has 0 amide bonds. The lowest BCUT2D eigenvalue weighted by molar-refractivity contribution is 0.0360. The summed E-state index contributed by atoms with van der Waals surface area (Å²) in [6.45, 7) is 11.4. The molecule has 3 heteroatoms. The van der Waals surface area contributed by atoms with E-state index in [-0.39, 0.29) is 0 Å². The molecule has 1 aliphatic heterocycles. The Hall–Kier alpha value is -0.120. The van der Waals surface area contributed by atoms with E-state index in [4.69, 9.17) is 4.74 Å². The van der Waals surface area contributed by atoms with Gasteiger partial charge in [0.25, 0.3) is 0 Å². The number of ether oxygens (including phenoxy) is 1. The lowest BCUT2D eigenvalue weighted by Gasteiger charge is -2.37. The summed E-state index contributed by atoms with van der Waals surface area (Å²) in [6, 6.07) is 1.42. The Morgan fingerprint density at radius 2 is 1.90 bits per heavy atom. The fourth-order valence-electron chi connectivity index (χ4n) is 4.10. The van der Waals surface area contributed by atoms with E-state index in [0.717, 1.165) is 31.7 Å². The Bertz CT molecular complexity index is 287. The van der Waals surface area contributed by atoms with E-state index < -0.39 is 0 Å². The molecule has 0 aromatic rings. The van der Waals surface area contributed by atoms with Crippen molar-refractivity contribution in [2.45, 2.75) is 65.0 Å². The second kappa shape index (κ2) is 7.24. The van der Waals surface area contributed by atoms with Gasteiger partial charge in [0.2, 0.25) is 0 Å². The van der Waals surface area contributed by atoms with Crippen molar-refractivity contribution in [3.05, 3.63) is 0 Å². The fraction of sp³-hybridized carbons (Fsp3) is 1.00. The van der Waals surface area contributed by atoms with Crippen LogP contribution in [0.4, 0.5) is 0 Å². The lowest BCUT2D eigenvalue weighted by Crippen LogP contribution is -2.47. The highest BCUT2D eigenvalue weighted by molar-refractivity contribution is 4.97. The third-order valence-corrected chi connectivity index (χ3v) is 5.42. The van der Waals surface area contributed by atoms with Gasteiger partial charge in [0.1, 0.15) is 0 Å². The summed E-state index contributed by atoms with van der Waals surface area (Å²) >= 11 is 0. The Kier molecular flexibility index (Phi) is 5.88. The predicted octanol–water partition coefficient (Wildman–Crippen LogP) is 2.90. The third-order valence-electron chi connectivity index (χ3n) is 5.42. The minimum atomic E-state index is 0.455. The number of nitrogens with zero attached hydrogens (tertiary/aromatic N) is 1. The third kappa shape index (κ3) is 3.96. The van der Waals surface area contributed by atoms with Crippen LogP contribution in [-0.4, -0.2) is 50.3 Å². The highest BCUT2D eigenvalue weighted by Gasteiger charge is 2.42. The van der Waals surface area contributed by atoms with Crippen LogP contribution in [0.1, 0.15) is 52.9 Å². The number of nitrogens with one attached hydrogen (secondary N) is 1. The minimum absolute atomic E-state index is 0.455. The molecule has 0 radical (unpaired) electrons. The molecular weight excluding hydrogens is 248 g/mol. The number of hydrogen-bond acceptors (Lipinski definition) is 3.